The van der Waals surface area contributed by atoms with Crippen LogP contribution < -0.4 is 0 Å². The zero-order chi connectivity index (χ0) is 17.4. The third kappa shape index (κ3) is 3.20. The smallest absolute Gasteiger partial charge is 0.223 e. The Balaban J connectivity index is 1.59. The monoisotopic (exact) mass is 357 g/mol. The molecule has 1 amide bonds. The Morgan fingerprint density at radius 1 is 1.24 bits per heavy atom. The molecule has 4 rings (SSSR count). The van der Waals surface area contributed by atoms with Gasteiger partial charge in [-0.1, -0.05) is 43.5 Å². The standard InChI is InChI=1S/C20H24ClN3O/c1-2-17-19(13-7-9-15(21)10-8-13)23-20(22-17)14-11-18(25)24(12-14)16-5-3-4-6-16/h7-10,14,16H,2-6,11-12H2,1H3,(H,22,23). The van der Waals surface area contributed by atoms with Gasteiger partial charge in [-0.2, -0.15) is 0 Å². The molecule has 1 aliphatic heterocycles. The van der Waals surface area contributed by atoms with Crippen LogP contribution in [0.5, 0.6) is 0 Å². The van der Waals surface area contributed by atoms with Crippen LogP contribution in [0.4, 0.5) is 0 Å². The van der Waals surface area contributed by atoms with Gasteiger partial charge >= 0.3 is 0 Å². The zero-order valence-corrected chi connectivity index (χ0v) is 15.4. The zero-order valence-electron chi connectivity index (χ0n) is 14.6. The highest BCUT2D eigenvalue weighted by Crippen LogP contribution is 2.34. The van der Waals surface area contributed by atoms with Gasteiger partial charge in [-0.3, -0.25) is 4.79 Å². The number of H-pyrrole nitrogens is 1. The van der Waals surface area contributed by atoms with Crippen molar-refractivity contribution in [3.8, 4) is 11.3 Å². The van der Waals surface area contributed by atoms with Crippen LogP contribution in [0.2, 0.25) is 5.02 Å². The molecule has 25 heavy (non-hydrogen) atoms. The largest absolute Gasteiger partial charge is 0.345 e. The first-order valence-corrected chi connectivity index (χ1v) is 9.67. The number of likely N-dealkylation sites (tertiary alicyclic amines) is 1. The Morgan fingerprint density at radius 3 is 2.64 bits per heavy atom. The fourth-order valence-corrected chi connectivity index (χ4v) is 4.34. The molecule has 0 bridgehead atoms. The van der Waals surface area contributed by atoms with Crippen LogP contribution in [0, 0.1) is 0 Å². The van der Waals surface area contributed by atoms with E-state index < -0.39 is 0 Å². The van der Waals surface area contributed by atoms with Crippen molar-refractivity contribution in [2.45, 2.75) is 57.4 Å². The highest BCUT2D eigenvalue weighted by molar-refractivity contribution is 6.30. The second-order valence-corrected chi connectivity index (χ2v) is 7.63. The quantitative estimate of drug-likeness (QED) is 0.872. The van der Waals surface area contributed by atoms with Gasteiger partial charge in [0, 0.05) is 41.2 Å². The van der Waals surface area contributed by atoms with Crippen molar-refractivity contribution in [2.75, 3.05) is 6.54 Å². The van der Waals surface area contributed by atoms with Crippen LogP contribution in [0.25, 0.3) is 11.3 Å². The molecule has 1 atom stereocenters. The van der Waals surface area contributed by atoms with E-state index in [2.05, 4.69) is 16.8 Å². The first kappa shape index (κ1) is 16.6. The van der Waals surface area contributed by atoms with Crippen molar-refractivity contribution in [3.63, 3.8) is 0 Å². The van der Waals surface area contributed by atoms with Crippen molar-refractivity contribution in [2.24, 2.45) is 0 Å². The number of aromatic nitrogens is 2. The minimum absolute atomic E-state index is 0.180. The number of aromatic amines is 1. The summed E-state index contributed by atoms with van der Waals surface area (Å²) in [5, 5.41) is 0.728. The maximum absolute atomic E-state index is 12.5. The Hall–Kier alpha value is -1.81. The van der Waals surface area contributed by atoms with Crippen LogP contribution in [-0.2, 0) is 11.2 Å². The number of rotatable bonds is 4. The number of amides is 1. The molecule has 5 heteroatoms. The molecule has 1 saturated carbocycles. The van der Waals surface area contributed by atoms with E-state index in [9.17, 15) is 4.79 Å². The van der Waals surface area contributed by atoms with Crippen LogP contribution in [0.3, 0.4) is 0 Å². The van der Waals surface area contributed by atoms with Gasteiger partial charge in [0.25, 0.3) is 0 Å². The van der Waals surface area contributed by atoms with Crippen LogP contribution in [0.15, 0.2) is 24.3 Å². The maximum atomic E-state index is 12.5. The second-order valence-electron chi connectivity index (χ2n) is 7.20. The van der Waals surface area contributed by atoms with E-state index in [0.717, 1.165) is 53.6 Å². The normalized spacial score (nSPS) is 21.4. The lowest BCUT2D eigenvalue weighted by Gasteiger charge is -2.23. The number of benzene rings is 1. The molecule has 0 radical (unpaired) electrons. The van der Waals surface area contributed by atoms with Gasteiger partial charge in [0.2, 0.25) is 5.91 Å². The Kier molecular flexibility index (Phi) is 4.55. The van der Waals surface area contributed by atoms with Gasteiger partial charge in [0.15, 0.2) is 0 Å². The summed E-state index contributed by atoms with van der Waals surface area (Å²) in [6.45, 7) is 2.93. The van der Waals surface area contributed by atoms with E-state index in [4.69, 9.17) is 16.6 Å². The summed E-state index contributed by atoms with van der Waals surface area (Å²) >= 11 is 6.00. The number of hydrogen-bond acceptors (Lipinski definition) is 2. The van der Waals surface area contributed by atoms with E-state index >= 15 is 0 Å². The number of aryl methyl sites for hydroxylation is 1. The lowest BCUT2D eigenvalue weighted by atomic mass is 10.1. The summed E-state index contributed by atoms with van der Waals surface area (Å²) in [6.07, 6.45) is 6.28. The summed E-state index contributed by atoms with van der Waals surface area (Å²) < 4.78 is 0. The molecule has 1 saturated heterocycles. The average molecular weight is 358 g/mol. The van der Waals surface area contributed by atoms with Gasteiger partial charge in [-0.25, -0.2) is 4.98 Å². The molecular formula is C20H24ClN3O. The first-order valence-electron chi connectivity index (χ1n) is 9.30. The number of carbonyl (C=O) groups is 1. The third-order valence-electron chi connectivity index (χ3n) is 5.58. The molecule has 1 aliphatic carbocycles. The lowest BCUT2D eigenvalue weighted by Crippen LogP contribution is -2.34. The Labute approximate surface area is 153 Å². The Morgan fingerprint density at radius 2 is 1.96 bits per heavy atom. The number of halogens is 1. The summed E-state index contributed by atoms with van der Waals surface area (Å²) in [4.78, 5) is 23.0. The summed E-state index contributed by atoms with van der Waals surface area (Å²) in [5.41, 5.74) is 3.19. The number of imidazole rings is 1. The molecule has 1 unspecified atom stereocenters. The molecule has 2 aliphatic rings. The third-order valence-corrected chi connectivity index (χ3v) is 5.83. The SMILES string of the molecule is CCc1[nH]c(C2CC(=O)N(C3CCCC3)C2)nc1-c1ccc(Cl)cc1. The van der Waals surface area contributed by atoms with E-state index in [1.54, 1.807) is 0 Å². The maximum Gasteiger partial charge on any atom is 0.223 e. The number of carbonyl (C=O) groups excluding carboxylic acids is 1. The molecule has 2 fully saturated rings. The highest BCUT2D eigenvalue weighted by Gasteiger charge is 2.37. The highest BCUT2D eigenvalue weighted by atomic mass is 35.5. The minimum Gasteiger partial charge on any atom is -0.345 e. The van der Waals surface area contributed by atoms with Gasteiger partial charge in [0.05, 0.1) is 5.69 Å². The topological polar surface area (TPSA) is 49.0 Å². The number of hydrogen-bond donors (Lipinski definition) is 1. The van der Waals surface area contributed by atoms with Crippen molar-refractivity contribution in [1.82, 2.24) is 14.9 Å². The van der Waals surface area contributed by atoms with Gasteiger partial charge in [-0.15, -0.1) is 0 Å². The molecule has 0 spiro atoms. The average Bonchev–Trinajstić information content (AvgIpc) is 3.34. The van der Waals surface area contributed by atoms with Crippen molar-refractivity contribution in [3.05, 3.63) is 40.8 Å². The number of nitrogens with one attached hydrogen (secondary N) is 1. The summed E-state index contributed by atoms with van der Waals surface area (Å²) in [5.74, 6) is 1.43. The molecule has 2 aromatic rings. The van der Waals surface area contributed by atoms with E-state index in [1.165, 1.54) is 12.8 Å². The van der Waals surface area contributed by atoms with Crippen LogP contribution >= 0.6 is 11.6 Å². The lowest BCUT2D eigenvalue weighted by molar-refractivity contribution is -0.129. The molecule has 1 aromatic carbocycles. The van der Waals surface area contributed by atoms with Crippen LogP contribution in [-0.4, -0.2) is 33.4 Å². The fraction of sp³-hybridized carbons (Fsp3) is 0.500. The van der Waals surface area contributed by atoms with Gasteiger partial charge in [-0.05, 0) is 31.4 Å². The fourth-order valence-electron chi connectivity index (χ4n) is 4.21. The first-order chi connectivity index (χ1) is 12.2. The van der Waals surface area contributed by atoms with Crippen LogP contribution in [0.1, 0.15) is 56.5 Å². The van der Waals surface area contributed by atoms with Crippen molar-refractivity contribution < 1.29 is 4.79 Å². The molecule has 2 heterocycles. The second kappa shape index (κ2) is 6.83. The summed E-state index contributed by atoms with van der Waals surface area (Å²) in [6, 6.07) is 8.25. The van der Waals surface area contributed by atoms with Gasteiger partial charge < -0.3 is 9.88 Å². The van der Waals surface area contributed by atoms with E-state index in [1.807, 2.05) is 24.3 Å². The molecule has 132 valence electrons. The number of nitrogens with zero attached hydrogens (tertiary/aromatic N) is 2. The van der Waals surface area contributed by atoms with Gasteiger partial charge in [0.1, 0.15) is 5.82 Å². The molecular weight excluding hydrogens is 334 g/mol. The van der Waals surface area contributed by atoms with Crippen molar-refractivity contribution in [1.29, 1.82) is 0 Å². The minimum atomic E-state index is 0.180. The van der Waals surface area contributed by atoms with Crippen molar-refractivity contribution >= 4 is 17.5 Å². The van der Waals surface area contributed by atoms with E-state index in [0.29, 0.717) is 18.4 Å². The Bertz CT molecular complexity index is 762. The predicted octanol–water partition coefficient (Wildman–Crippen LogP) is 4.55. The summed E-state index contributed by atoms with van der Waals surface area (Å²) in [7, 11) is 0. The molecule has 4 nitrogen and oxygen atoms in total. The molecule has 1 N–H and O–H groups in total. The molecule has 1 aromatic heterocycles. The van der Waals surface area contributed by atoms with E-state index in [-0.39, 0.29) is 5.92 Å². The predicted molar refractivity (Wildman–Crippen MR) is 99.7 cm³/mol.